The van der Waals surface area contributed by atoms with Crippen molar-refractivity contribution >= 4 is 11.6 Å². The zero-order valence-corrected chi connectivity index (χ0v) is 19.3. The molecule has 8 nitrogen and oxygen atoms in total. The highest BCUT2D eigenvalue weighted by molar-refractivity contribution is 5.79. The summed E-state index contributed by atoms with van der Waals surface area (Å²) < 4.78 is 4.94. The van der Waals surface area contributed by atoms with Crippen LogP contribution in [0.4, 0.5) is 5.69 Å². The summed E-state index contributed by atoms with van der Waals surface area (Å²) in [7, 11) is 1.89. The van der Waals surface area contributed by atoms with Crippen LogP contribution in [0.5, 0.6) is 0 Å². The van der Waals surface area contributed by atoms with Gasteiger partial charge < -0.3 is 19.6 Å². The lowest BCUT2D eigenvalue weighted by Gasteiger charge is -2.36. The van der Waals surface area contributed by atoms with Gasteiger partial charge in [-0.25, -0.2) is 0 Å². The lowest BCUT2D eigenvalue weighted by atomic mass is 10.2. The average Bonchev–Trinajstić information content (AvgIpc) is 3.36. The third-order valence-corrected chi connectivity index (χ3v) is 6.44. The maximum atomic E-state index is 4.94. The first-order chi connectivity index (χ1) is 15.8. The number of hydrogen-bond acceptors (Lipinski definition) is 6. The number of anilines is 1. The Balaban J connectivity index is 1.07. The van der Waals surface area contributed by atoms with Crippen LogP contribution in [0.1, 0.15) is 18.5 Å². The molecule has 2 aromatic rings. The molecule has 1 aromatic carbocycles. The van der Waals surface area contributed by atoms with Gasteiger partial charge >= 0.3 is 0 Å². The smallest absolute Gasteiger partial charge is 0.193 e. The average molecular weight is 440 g/mol. The highest BCUT2D eigenvalue weighted by Gasteiger charge is 2.20. The number of hydrogen-bond donors (Lipinski definition) is 1. The van der Waals surface area contributed by atoms with Gasteiger partial charge in [0.25, 0.3) is 0 Å². The molecule has 0 atom stereocenters. The zero-order chi connectivity index (χ0) is 22.0. The van der Waals surface area contributed by atoms with Crippen molar-refractivity contribution in [2.24, 2.45) is 4.99 Å². The van der Waals surface area contributed by atoms with Gasteiger partial charge in [-0.1, -0.05) is 23.4 Å². The Morgan fingerprint density at radius 1 is 0.938 bits per heavy atom. The van der Waals surface area contributed by atoms with Crippen LogP contribution in [0.25, 0.3) is 0 Å². The third kappa shape index (κ3) is 6.46. The molecule has 0 aliphatic carbocycles. The maximum Gasteiger partial charge on any atom is 0.193 e. The number of guanidine groups is 1. The van der Waals surface area contributed by atoms with Gasteiger partial charge in [0.05, 0.1) is 5.69 Å². The molecule has 2 aliphatic heterocycles. The number of aromatic nitrogens is 1. The van der Waals surface area contributed by atoms with Crippen molar-refractivity contribution in [2.75, 3.05) is 77.4 Å². The first-order valence-corrected chi connectivity index (χ1v) is 11.9. The van der Waals surface area contributed by atoms with Gasteiger partial charge in [-0.3, -0.25) is 14.8 Å². The molecule has 174 valence electrons. The number of nitrogens with one attached hydrogen (secondary N) is 1. The highest BCUT2D eigenvalue weighted by atomic mass is 16.5. The second-order valence-corrected chi connectivity index (χ2v) is 8.60. The normalized spacial score (nSPS) is 18.8. The molecule has 3 heterocycles. The van der Waals surface area contributed by atoms with Crippen LogP contribution >= 0.6 is 0 Å². The molecule has 1 N–H and O–H groups in total. The number of para-hydroxylation sites is 1. The SMILES string of the molecule is CN=C(NCCCCN1CCN(c2ccccc2)CC1)N1CCN(Cc2ccon2)CC1. The van der Waals surface area contributed by atoms with Crippen LogP contribution in [-0.4, -0.2) is 98.3 Å². The number of nitrogens with zero attached hydrogens (tertiary/aromatic N) is 6. The van der Waals surface area contributed by atoms with E-state index >= 15 is 0 Å². The van der Waals surface area contributed by atoms with E-state index in [1.165, 1.54) is 25.1 Å². The molecule has 0 spiro atoms. The van der Waals surface area contributed by atoms with E-state index in [-0.39, 0.29) is 0 Å². The van der Waals surface area contributed by atoms with E-state index in [0.717, 1.165) is 77.1 Å². The van der Waals surface area contributed by atoms with Crippen LogP contribution in [0.15, 0.2) is 52.2 Å². The Labute approximate surface area is 191 Å². The van der Waals surface area contributed by atoms with Crippen molar-refractivity contribution in [3.8, 4) is 0 Å². The number of piperazine rings is 2. The number of unbranched alkanes of at least 4 members (excludes halogenated alkanes) is 1. The highest BCUT2D eigenvalue weighted by Crippen LogP contribution is 2.15. The van der Waals surface area contributed by atoms with Gasteiger partial charge in [0, 0.05) is 84.2 Å². The van der Waals surface area contributed by atoms with Gasteiger partial charge in [0.1, 0.15) is 6.26 Å². The standard InChI is InChI=1S/C24H37N7O/c1-25-24(31-18-14-29(15-19-31)21-22-9-20-32-27-22)26-10-5-6-11-28-12-16-30(17-13-28)23-7-3-2-4-8-23/h2-4,7-9,20H,5-6,10-19,21H2,1H3,(H,25,26). The summed E-state index contributed by atoms with van der Waals surface area (Å²) in [6.45, 7) is 11.6. The van der Waals surface area contributed by atoms with Crippen LogP contribution in [0.2, 0.25) is 0 Å². The van der Waals surface area contributed by atoms with Crippen molar-refractivity contribution in [1.82, 2.24) is 25.2 Å². The zero-order valence-electron chi connectivity index (χ0n) is 19.3. The predicted octanol–water partition coefficient (Wildman–Crippen LogP) is 1.97. The Kier molecular flexibility index (Phi) is 8.39. The van der Waals surface area contributed by atoms with Gasteiger partial charge in [-0.15, -0.1) is 0 Å². The summed E-state index contributed by atoms with van der Waals surface area (Å²) in [5.41, 5.74) is 2.35. The minimum absolute atomic E-state index is 0.857. The largest absolute Gasteiger partial charge is 0.369 e. The van der Waals surface area contributed by atoms with E-state index in [2.05, 4.69) is 65.4 Å². The van der Waals surface area contributed by atoms with Crippen LogP contribution in [0.3, 0.4) is 0 Å². The van der Waals surface area contributed by atoms with Crippen LogP contribution < -0.4 is 10.2 Å². The quantitative estimate of drug-likeness (QED) is 0.383. The summed E-state index contributed by atoms with van der Waals surface area (Å²) in [6, 6.07) is 12.7. The lowest BCUT2D eigenvalue weighted by molar-refractivity contribution is 0.169. The molecule has 32 heavy (non-hydrogen) atoms. The van der Waals surface area contributed by atoms with Gasteiger partial charge in [-0.05, 0) is 31.5 Å². The van der Waals surface area contributed by atoms with Gasteiger partial charge in [0.15, 0.2) is 5.96 Å². The predicted molar refractivity (Wildman–Crippen MR) is 129 cm³/mol. The lowest BCUT2D eigenvalue weighted by Crippen LogP contribution is -2.52. The van der Waals surface area contributed by atoms with Crippen molar-refractivity contribution in [2.45, 2.75) is 19.4 Å². The Morgan fingerprint density at radius 3 is 2.38 bits per heavy atom. The number of rotatable bonds is 8. The molecule has 2 fully saturated rings. The number of benzene rings is 1. The molecule has 8 heteroatoms. The van der Waals surface area contributed by atoms with E-state index in [4.69, 9.17) is 4.52 Å². The van der Waals surface area contributed by atoms with Crippen molar-refractivity contribution in [3.63, 3.8) is 0 Å². The fourth-order valence-electron chi connectivity index (χ4n) is 4.53. The fraction of sp³-hybridized carbons (Fsp3) is 0.583. The summed E-state index contributed by atoms with van der Waals surface area (Å²) in [5, 5.41) is 7.59. The topological polar surface area (TPSA) is 63.4 Å². The van der Waals surface area contributed by atoms with Crippen LogP contribution in [0, 0.1) is 0 Å². The second-order valence-electron chi connectivity index (χ2n) is 8.60. The molecule has 0 bridgehead atoms. The Hall–Kier alpha value is -2.58. The molecule has 4 rings (SSSR count). The van der Waals surface area contributed by atoms with Crippen molar-refractivity contribution < 1.29 is 4.52 Å². The molecular formula is C24H37N7O. The molecular weight excluding hydrogens is 402 g/mol. The third-order valence-electron chi connectivity index (χ3n) is 6.44. The Morgan fingerprint density at radius 2 is 1.69 bits per heavy atom. The second kappa shape index (κ2) is 11.9. The summed E-state index contributed by atoms with van der Waals surface area (Å²) >= 11 is 0. The molecule has 2 saturated heterocycles. The summed E-state index contributed by atoms with van der Waals surface area (Å²) in [4.78, 5) is 14.4. The van der Waals surface area contributed by atoms with E-state index in [1.807, 2.05) is 13.1 Å². The summed E-state index contributed by atoms with van der Waals surface area (Å²) in [6.07, 6.45) is 4.03. The molecule has 1 aromatic heterocycles. The van der Waals surface area contributed by atoms with Gasteiger partial charge in [-0.2, -0.15) is 0 Å². The monoisotopic (exact) mass is 439 g/mol. The fourth-order valence-corrected chi connectivity index (χ4v) is 4.53. The van der Waals surface area contributed by atoms with Crippen molar-refractivity contribution in [1.29, 1.82) is 0 Å². The summed E-state index contributed by atoms with van der Waals surface area (Å²) in [5.74, 6) is 1.03. The number of aliphatic imine (C=N–C) groups is 1. The van der Waals surface area contributed by atoms with Crippen molar-refractivity contribution in [3.05, 3.63) is 48.4 Å². The van der Waals surface area contributed by atoms with E-state index in [0.29, 0.717) is 0 Å². The minimum Gasteiger partial charge on any atom is -0.369 e. The first kappa shape index (κ1) is 22.6. The molecule has 2 aliphatic rings. The maximum absolute atomic E-state index is 4.94. The molecule has 0 radical (unpaired) electrons. The van der Waals surface area contributed by atoms with E-state index in [9.17, 15) is 0 Å². The van der Waals surface area contributed by atoms with E-state index < -0.39 is 0 Å². The van der Waals surface area contributed by atoms with Gasteiger partial charge in [0.2, 0.25) is 0 Å². The minimum atomic E-state index is 0.857. The first-order valence-electron chi connectivity index (χ1n) is 11.9. The van der Waals surface area contributed by atoms with E-state index in [1.54, 1.807) is 6.26 Å². The molecule has 0 saturated carbocycles. The molecule has 0 amide bonds. The molecule has 0 unspecified atom stereocenters. The Bertz CT molecular complexity index is 795. The van der Waals surface area contributed by atoms with Crippen LogP contribution in [-0.2, 0) is 6.54 Å².